The monoisotopic (exact) mass is 438 g/mol. The molecule has 0 amide bonds. The molecule has 3 aromatic rings. The van der Waals surface area contributed by atoms with Crippen molar-refractivity contribution >= 4 is 11.7 Å². The SMILES string of the molecule is CCc1nn2c(c1-c1ccc(C#N)cc1)N(C)C(c1ccccc1C(F)(F)F)C(C)C2=O. The lowest BCUT2D eigenvalue weighted by Crippen LogP contribution is -2.43. The first-order valence-electron chi connectivity index (χ1n) is 10.2. The maximum atomic E-state index is 13.8. The zero-order chi connectivity index (χ0) is 23.2. The van der Waals surface area contributed by atoms with Crippen LogP contribution in [-0.4, -0.2) is 22.7 Å². The van der Waals surface area contributed by atoms with Crippen molar-refractivity contribution < 1.29 is 18.0 Å². The smallest absolute Gasteiger partial charge is 0.351 e. The number of hydrogen-bond acceptors (Lipinski definition) is 4. The molecule has 0 N–H and O–H groups in total. The Morgan fingerprint density at radius 3 is 2.38 bits per heavy atom. The van der Waals surface area contributed by atoms with E-state index in [2.05, 4.69) is 11.2 Å². The summed E-state index contributed by atoms with van der Waals surface area (Å²) in [5, 5.41) is 13.6. The van der Waals surface area contributed by atoms with Gasteiger partial charge in [-0.2, -0.15) is 28.2 Å². The topological polar surface area (TPSA) is 61.9 Å². The molecule has 4 rings (SSSR count). The zero-order valence-corrected chi connectivity index (χ0v) is 17.8. The summed E-state index contributed by atoms with van der Waals surface area (Å²) in [6.45, 7) is 3.54. The van der Waals surface area contributed by atoms with Gasteiger partial charge in [0.15, 0.2) is 0 Å². The molecule has 0 aliphatic carbocycles. The Hall–Kier alpha value is -3.60. The zero-order valence-electron chi connectivity index (χ0n) is 17.8. The molecule has 2 heterocycles. The lowest BCUT2D eigenvalue weighted by Gasteiger charge is -2.39. The summed E-state index contributed by atoms with van der Waals surface area (Å²) >= 11 is 0. The predicted molar refractivity (Wildman–Crippen MR) is 114 cm³/mol. The molecule has 2 atom stereocenters. The van der Waals surface area contributed by atoms with Gasteiger partial charge in [-0.1, -0.05) is 44.2 Å². The summed E-state index contributed by atoms with van der Waals surface area (Å²) in [4.78, 5) is 15.0. The molecule has 0 saturated carbocycles. The Labute approximate surface area is 183 Å². The molecule has 1 aliphatic heterocycles. The molecule has 0 bridgehead atoms. The fraction of sp³-hybridized carbons (Fsp3) is 0.292. The van der Waals surface area contributed by atoms with E-state index in [4.69, 9.17) is 5.26 Å². The number of carbonyl (C=O) groups excluding carboxylic acids is 1. The predicted octanol–water partition coefficient (Wildman–Crippen LogP) is 5.47. The van der Waals surface area contributed by atoms with E-state index in [0.29, 0.717) is 29.1 Å². The maximum Gasteiger partial charge on any atom is 0.416 e. The highest BCUT2D eigenvalue weighted by Gasteiger charge is 2.44. The Morgan fingerprint density at radius 1 is 1.12 bits per heavy atom. The molecule has 0 radical (unpaired) electrons. The summed E-state index contributed by atoms with van der Waals surface area (Å²) in [6.07, 6.45) is -4.00. The Morgan fingerprint density at radius 2 is 1.78 bits per heavy atom. The first-order chi connectivity index (χ1) is 15.2. The third-order valence-electron chi connectivity index (χ3n) is 5.98. The van der Waals surface area contributed by atoms with Crippen LogP contribution in [0.2, 0.25) is 0 Å². The number of hydrogen-bond donors (Lipinski definition) is 0. The average Bonchev–Trinajstić information content (AvgIpc) is 3.17. The first kappa shape index (κ1) is 21.6. The third kappa shape index (κ3) is 3.34. The van der Waals surface area contributed by atoms with Crippen LogP contribution in [-0.2, 0) is 12.6 Å². The fourth-order valence-electron chi connectivity index (χ4n) is 4.47. The summed E-state index contributed by atoms with van der Waals surface area (Å²) in [5.74, 6) is -0.638. The van der Waals surface area contributed by atoms with Gasteiger partial charge < -0.3 is 4.90 Å². The van der Waals surface area contributed by atoms with Crippen molar-refractivity contribution in [3.05, 3.63) is 70.9 Å². The minimum Gasteiger partial charge on any atom is -0.351 e. The van der Waals surface area contributed by atoms with Crippen molar-refractivity contribution in [2.45, 2.75) is 32.5 Å². The second kappa shape index (κ2) is 7.83. The highest BCUT2D eigenvalue weighted by Crippen LogP contribution is 2.46. The number of carbonyl (C=O) groups is 1. The van der Waals surface area contributed by atoms with Gasteiger partial charge in [0, 0.05) is 12.6 Å². The van der Waals surface area contributed by atoms with E-state index in [0.717, 1.165) is 11.6 Å². The second-order valence-electron chi connectivity index (χ2n) is 7.87. The summed E-state index contributed by atoms with van der Waals surface area (Å²) in [5.41, 5.74) is 1.90. The van der Waals surface area contributed by atoms with Crippen molar-refractivity contribution in [2.75, 3.05) is 11.9 Å². The largest absolute Gasteiger partial charge is 0.416 e. The number of alkyl halides is 3. The Bertz CT molecular complexity index is 1220. The molecule has 32 heavy (non-hydrogen) atoms. The molecule has 0 spiro atoms. The third-order valence-corrected chi connectivity index (χ3v) is 5.98. The van der Waals surface area contributed by atoms with Crippen molar-refractivity contribution in [2.24, 2.45) is 5.92 Å². The quantitative estimate of drug-likeness (QED) is 0.544. The molecule has 5 nitrogen and oxygen atoms in total. The molecule has 0 saturated heterocycles. The van der Waals surface area contributed by atoms with Gasteiger partial charge >= 0.3 is 6.18 Å². The highest BCUT2D eigenvalue weighted by atomic mass is 19.4. The number of nitriles is 1. The van der Waals surface area contributed by atoms with Crippen LogP contribution in [0.4, 0.5) is 19.0 Å². The van der Waals surface area contributed by atoms with E-state index in [1.54, 1.807) is 49.2 Å². The average molecular weight is 438 g/mol. The molecular weight excluding hydrogens is 417 g/mol. The van der Waals surface area contributed by atoms with E-state index in [9.17, 15) is 18.0 Å². The summed E-state index contributed by atoms with van der Waals surface area (Å²) < 4.78 is 42.6. The second-order valence-corrected chi connectivity index (χ2v) is 7.87. The molecule has 2 aromatic carbocycles. The molecule has 8 heteroatoms. The van der Waals surface area contributed by atoms with Crippen LogP contribution in [0.15, 0.2) is 48.5 Å². The van der Waals surface area contributed by atoms with Crippen LogP contribution in [0, 0.1) is 17.2 Å². The van der Waals surface area contributed by atoms with Crippen molar-refractivity contribution in [1.82, 2.24) is 9.78 Å². The van der Waals surface area contributed by atoms with Crippen LogP contribution in [0.3, 0.4) is 0 Å². The van der Waals surface area contributed by atoms with Crippen molar-refractivity contribution in [3.63, 3.8) is 0 Å². The summed E-state index contributed by atoms with van der Waals surface area (Å²) in [7, 11) is 1.70. The van der Waals surface area contributed by atoms with Gasteiger partial charge in [0.1, 0.15) is 5.82 Å². The summed E-state index contributed by atoms with van der Waals surface area (Å²) in [6, 6.07) is 13.5. The van der Waals surface area contributed by atoms with Gasteiger partial charge in [-0.3, -0.25) is 4.79 Å². The van der Waals surface area contributed by atoms with E-state index in [1.165, 1.54) is 16.8 Å². The van der Waals surface area contributed by atoms with Gasteiger partial charge in [-0.25, -0.2) is 0 Å². The van der Waals surface area contributed by atoms with Crippen LogP contribution < -0.4 is 4.90 Å². The van der Waals surface area contributed by atoms with Crippen LogP contribution in [0.1, 0.15) is 47.1 Å². The molecule has 1 aliphatic rings. The minimum absolute atomic E-state index is 0.0552. The van der Waals surface area contributed by atoms with Gasteiger partial charge in [-0.05, 0) is 35.7 Å². The Kier molecular flexibility index (Phi) is 5.29. The molecule has 164 valence electrons. The van der Waals surface area contributed by atoms with Crippen LogP contribution in [0.25, 0.3) is 11.1 Å². The molecule has 1 aromatic heterocycles. The first-order valence-corrected chi connectivity index (χ1v) is 10.2. The van der Waals surface area contributed by atoms with Gasteiger partial charge in [0.2, 0.25) is 0 Å². The molecule has 2 unspecified atom stereocenters. The number of nitrogens with zero attached hydrogens (tertiary/aromatic N) is 4. The number of halogens is 3. The van der Waals surface area contributed by atoms with Crippen LogP contribution in [0.5, 0.6) is 0 Å². The Balaban J connectivity index is 1.93. The number of aromatic nitrogens is 2. The standard InChI is InChI=1S/C24H21F3N4O/c1-4-19-20(16-11-9-15(13-28)10-12-16)22-30(3)21(14(2)23(32)31(22)29-19)17-7-5-6-8-18(17)24(25,26)27/h5-12,14,21H,4H2,1-3H3. The molecule has 0 fully saturated rings. The van der Waals surface area contributed by atoms with Gasteiger partial charge in [0.05, 0.1) is 34.8 Å². The number of fused-ring (bicyclic) bond motifs is 1. The highest BCUT2D eigenvalue weighted by molar-refractivity contribution is 5.93. The molecular formula is C24H21F3N4O. The lowest BCUT2D eigenvalue weighted by molar-refractivity contribution is -0.138. The fourth-order valence-corrected chi connectivity index (χ4v) is 4.47. The maximum absolute atomic E-state index is 13.8. The number of rotatable bonds is 3. The number of aryl methyl sites for hydroxylation is 1. The van der Waals surface area contributed by atoms with Gasteiger partial charge in [0.25, 0.3) is 5.91 Å². The van der Waals surface area contributed by atoms with Crippen molar-refractivity contribution in [3.8, 4) is 17.2 Å². The van der Waals surface area contributed by atoms with E-state index in [1.807, 2.05) is 6.92 Å². The van der Waals surface area contributed by atoms with E-state index < -0.39 is 23.7 Å². The van der Waals surface area contributed by atoms with E-state index in [-0.39, 0.29) is 11.5 Å². The number of benzene rings is 2. The van der Waals surface area contributed by atoms with E-state index >= 15 is 0 Å². The lowest BCUT2D eigenvalue weighted by atomic mass is 9.87. The minimum atomic E-state index is -4.54. The normalized spacial score (nSPS) is 18.4. The van der Waals surface area contributed by atoms with Crippen molar-refractivity contribution in [1.29, 1.82) is 5.26 Å². The number of anilines is 1. The van der Waals surface area contributed by atoms with Crippen LogP contribution >= 0.6 is 0 Å². The van der Waals surface area contributed by atoms with Gasteiger partial charge in [-0.15, -0.1) is 0 Å².